The highest BCUT2D eigenvalue weighted by Crippen LogP contribution is 2.35. The van der Waals surface area contributed by atoms with Gasteiger partial charge in [0.15, 0.2) is 0 Å². The second-order valence-electron chi connectivity index (χ2n) is 6.61. The second-order valence-corrected chi connectivity index (χ2v) is 6.61. The first-order valence-electron chi connectivity index (χ1n) is 8.29. The largest absolute Gasteiger partial charge is 0.416 e. The number of rotatable bonds is 3. The molecule has 1 aromatic carbocycles. The number of halogens is 3. The topological polar surface area (TPSA) is 9.72 Å². The summed E-state index contributed by atoms with van der Waals surface area (Å²) in [6, 6.07) is 4.25. The average molecular weight is 327 g/mol. The molecule has 23 heavy (non-hydrogen) atoms. The fourth-order valence-electron chi connectivity index (χ4n) is 3.37. The molecule has 0 N–H and O–H groups in total. The van der Waals surface area contributed by atoms with Crippen LogP contribution in [0.15, 0.2) is 18.2 Å². The Bertz CT molecular complexity index is 530. The summed E-state index contributed by atoms with van der Waals surface area (Å²) in [7, 11) is 2.10. The Morgan fingerprint density at radius 2 is 1.61 bits per heavy atom. The van der Waals surface area contributed by atoms with E-state index in [1.54, 1.807) is 6.07 Å². The van der Waals surface area contributed by atoms with Crippen molar-refractivity contribution in [2.24, 2.45) is 0 Å². The molecule has 6 heteroatoms. The van der Waals surface area contributed by atoms with Crippen LogP contribution in [0.25, 0.3) is 0 Å². The summed E-state index contributed by atoms with van der Waals surface area (Å²) < 4.78 is 39.2. The molecule has 3 nitrogen and oxygen atoms in total. The Labute approximate surface area is 135 Å². The molecule has 2 fully saturated rings. The van der Waals surface area contributed by atoms with Crippen molar-refractivity contribution >= 4 is 5.69 Å². The van der Waals surface area contributed by atoms with Gasteiger partial charge in [0.2, 0.25) is 0 Å². The molecule has 2 saturated heterocycles. The molecule has 0 unspecified atom stereocenters. The van der Waals surface area contributed by atoms with Gasteiger partial charge in [0.25, 0.3) is 0 Å². The minimum absolute atomic E-state index is 0.540. The normalized spacial score (nSPS) is 21.1. The van der Waals surface area contributed by atoms with E-state index in [0.29, 0.717) is 0 Å². The molecule has 0 bridgehead atoms. The van der Waals surface area contributed by atoms with E-state index in [4.69, 9.17) is 0 Å². The van der Waals surface area contributed by atoms with Gasteiger partial charge in [-0.05, 0) is 37.6 Å². The van der Waals surface area contributed by atoms with Gasteiger partial charge in [0.05, 0.1) is 5.56 Å². The number of alkyl halides is 3. The highest BCUT2D eigenvalue weighted by atomic mass is 19.4. The zero-order valence-electron chi connectivity index (χ0n) is 13.6. The molecule has 128 valence electrons. The summed E-state index contributed by atoms with van der Waals surface area (Å²) >= 11 is 0. The predicted molar refractivity (Wildman–Crippen MR) is 85.7 cm³/mol. The molecule has 0 spiro atoms. The van der Waals surface area contributed by atoms with E-state index in [0.717, 1.165) is 69.9 Å². The van der Waals surface area contributed by atoms with Crippen molar-refractivity contribution in [1.29, 1.82) is 0 Å². The lowest BCUT2D eigenvalue weighted by Crippen LogP contribution is -2.44. The zero-order chi connectivity index (χ0) is 16.4. The molecule has 3 rings (SSSR count). The molecule has 0 aromatic heterocycles. The van der Waals surface area contributed by atoms with Gasteiger partial charge >= 0.3 is 6.18 Å². The Morgan fingerprint density at radius 3 is 2.22 bits per heavy atom. The van der Waals surface area contributed by atoms with Crippen LogP contribution in [-0.2, 0) is 12.7 Å². The van der Waals surface area contributed by atoms with Gasteiger partial charge in [-0.3, -0.25) is 4.90 Å². The molecule has 0 saturated carbocycles. The van der Waals surface area contributed by atoms with Crippen LogP contribution in [-0.4, -0.2) is 56.1 Å². The van der Waals surface area contributed by atoms with Gasteiger partial charge in [0.1, 0.15) is 0 Å². The van der Waals surface area contributed by atoms with Gasteiger partial charge in [-0.25, -0.2) is 0 Å². The first-order valence-corrected chi connectivity index (χ1v) is 8.29. The predicted octanol–water partition coefficient (Wildman–Crippen LogP) is 3.05. The van der Waals surface area contributed by atoms with Crippen LogP contribution in [0.4, 0.5) is 18.9 Å². The number of piperazine rings is 1. The lowest BCUT2D eigenvalue weighted by atomic mass is 10.1. The van der Waals surface area contributed by atoms with Crippen LogP contribution in [0.1, 0.15) is 24.0 Å². The zero-order valence-corrected chi connectivity index (χ0v) is 13.6. The van der Waals surface area contributed by atoms with Crippen LogP contribution < -0.4 is 4.90 Å². The van der Waals surface area contributed by atoms with E-state index in [1.165, 1.54) is 12.1 Å². The Kier molecular flexibility index (Phi) is 4.82. The minimum atomic E-state index is -4.28. The van der Waals surface area contributed by atoms with Crippen molar-refractivity contribution in [3.63, 3.8) is 0 Å². The number of anilines is 1. The van der Waals surface area contributed by atoms with Crippen molar-refractivity contribution in [1.82, 2.24) is 9.80 Å². The van der Waals surface area contributed by atoms with Crippen molar-refractivity contribution in [2.75, 3.05) is 51.2 Å². The number of likely N-dealkylation sites (N-methyl/N-ethyl adjacent to an activating group) is 1. The monoisotopic (exact) mass is 327 g/mol. The molecule has 2 heterocycles. The standard InChI is InChI=1S/C17H24F3N3/c1-21-8-10-22(11-9-21)13-14-4-5-15(17(18,19)20)12-16(14)23-6-2-3-7-23/h4-5,12H,2-3,6-11,13H2,1H3. The molecule has 0 aliphatic carbocycles. The highest BCUT2D eigenvalue weighted by Gasteiger charge is 2.32. The van der Waals surface area contributed by atoms with Crippen LogP contribution in [0, 0.1) is 0 Å². The van der Waals surface area contributed by atoms with Gasteiger partial charge < -0.3 is 9.80 Å². The average Bonchev–Trinajstić information content (AvgIpc) is 3.03. The van der Waals surface area contributed by atoms with Gasteiger partial charge in [0, 0.05) is 51.5 Å². The number of nitrogens with zero attached hydrogens (tertiary/aromatic N) is 3. The van der Waals surface area contributed by atoms with Crippen molar-refractivity contribution < 1.29 is 13.2 Å². The van der Waals surface area contributed by atoms with E-state index in [9.17, 15) is 13.2 Å². The molecule has 0 amide bonds. The summed E-state index contributed by atoms with van der Waals surface area (Å²) in [5, 5.41) is 0. The fourth-order valence-corrected chi connectivity index (χ4v) is 3.37. The fraction of sp³-hybridized carbons (Fsp3) is 0.647. The first-order chi connectivity index (χ1) is 10.9. The Balaban J connectivity index is 1.83. The van der Waals surface area contributed by atoms with Crippen LogP contribution in [0.3, 0.4) is 0 Å². The van der Waals surface area contributed by atoms with E-state index in [-0.39, 0.29) is 0 Å². The number of benzene rings is 1. The summed E-state index contributed by atoms with van der Waals surface area (Å²) in [5.74, 6) is 0. The molecular formula is C17H24F3N3. The lowest BCUT2D eigenvalue weighted by molar-refractivity contribution is -0.137. The Hall–Kier alpha value is -1.27. The number of hydrogen-bond acceptors (Lipinski definition) is 3. The van der Waals surface area contributed by atoms with Crippen molar-refractivity contribution in [2.45, 2.75) is 25.6 Å². The van der Waals surface area contributed by atoms with Crippen molar-refractivity contribution in [3.8, 4) is 0 Å². The second kappa shape index (κ2) is 6.69. The van der Waals surface area contributed by atoms with E-state index < -0.39 is 11.7 Å². The molecule has 2 aliphatic rings. The maximum absolute atomic E-state index is 13.1. The van der Waals surface area contributed by atoms with Gasteiger partial charge in [-0.15, -0.1) is 0 Å². The van der Waals surface area contributed by atoms with Gasteiger partial charge in [-0.1, -0.05) is 6.07 Å². The highest BCUT2D eigenvalue weighted by molar-refractivity contribution is 5.56. The summed E-state index contributed by atoms with van der Waals surface area (Å²) in [5.41, 5.74) is 1.25. The van der Waals surface area contributed by atoms with Crippen molar-refractivity contribution in [3.05, 3.63) is 29.3 Å². The third-order valence-corrected chi connectivity index (χ3v) is 4.85. The van der Waals surface area contributed by atoms with E-state index in [1.807, 2.05) is 0 Å². The van der Waals surface area contributed by atoms with Crippen LogP contribution in [0.5, 0.6) is 0 Å². The number of hydrogen-bond donors (Lipinski definition) is 0. The lowest BCUT2D eigenvalue weighted by Gasteiger charge is -2.33. The SMILES string of the molecule is CN1CCN(Cc2ccc(C(F)(F)F)cc2N2CCCC2)CC1. The summed E-state index contributed by atoms with van der Waals surface area (Å²) in [6.45, 7) is 6.42. The maximum Gasteiger partial charge on any atom is 0.416 e. The third kappa shape index (κ3) is 3.98. The van der Waals surface area contributed by atoms with Crippen LogP contribution in [0.2, 0.25) is 0 Å². The quantitative estimate of drug-likeness (QED) is 0.845. The van der Waals surface area contributed by atoms with Gasteiger partial charge in [-0.2, -0.15) is 13.2 Å². The molecule has 2 aliphatic heterocycles. The summed E-state index contributed by atoms with van der Waals surface area (Å²) in [4.78, 5) is 6.73. The summed E-state index contributed by atoms with van der Waals surface area (Å²) in [6.07, 6.45) is -2.16. The molecule has 0 atom stereocenters. The Morgan fingerprint density at radius 1 is 0.957 bits per heavy atom. The smallest absolute Gasteiger partial charge is 0.371 e. The maximum atomic E-state index is 13.1. The van der Waals surface area contributed by atoms with E-state index >= 15 is 0 Å². The molecular weight excluding hydrogens is 303 g/mol. The molecule has 1 aromatic rings. The third-order valence-electron chi connectivity index (χ3n) is 4.85. The molecule has 0 radical (unpaired) electrons. The minimum Gasteiger partial charge on any atom is -0.371 e. The first kappa shape index (κ1) is 16.6. The van der Waals surface area contributed by atoms with Crippen LogP contribution >= 0.6 is 0 Å². The van der Waals surface area contributed by atoms with E-state index in [2.05, 4.69) is 21.7 Å².